The van der Waals surface area contributed by atoms with Crippen LogP contribution in [0.25, 0.3) is 0 Å². The largest absolute Gasteiger partial charge is 0.278 e. The Morgan fingerprint density at radius 2 is 1.95 bits per heavy atom. The van der Waals surface area contributed by atoms with Gasteiger partial charge in [0.15, 0.2) is 0 Å². The summed E-state index contributed by atoms with van der Waals surface area (Å²) in [4.78, 5) is 1.06. The van der Waals surface area contributed by atoms with Crippen LogP contribution in [0.1, 0.15) is 6.92 Å². The second kappa shape index (κ2) is 7.05. The first-order chi connectivity index (χ1) is 9.94. The maximum atomic E-state index is 12.4. The Kier molecular flexibility index (Phi) is 5.60. The van der Waals surface area contributed by atoms with Crippen LogP contribution >= 0.6 is 39.3 Å². The predicted octanol–water partition coefficient (Wildman–Crippen LogP) is 5.02. The van der Waals surface area contributed by atoms with Crippen molar-refractivity contribution in [1.29, 1.82) is 0 Å². The van der Waals surface area contributed by atoms with Gasteiger partial charge in [-0.3, -0.25) is 4.72 Å². The lowest BCUT2D eigenvalue weighted by Crippen LogP contribution is -2.13. The number of para-hydroxylation sites is 1. The van der Waals surface area contributed by atoms with E-state index < -0.39 is 10.0 Å². The molecule has 2 aromatic carbocycles. The molecule has 0 saturated carbocycles. The highest BCUT2D eigenvalue weighted by atomic mass is 79.9. The van der Waals surface area contributed by atoms with E-state index in [1.807, 2.05) is 19.1 Å². The van der Waals surface area contributed by atoms with Crippen molar-refractivity contribution in [1.82, 2.24) is 0 Å². The van der Waals surface area contributed by atoms with Crippen LogP contribution in [0.5, 0.6) is 0 Å². The van der Waals surface area contributed by atoms with E-state index in [1.54, 1.807) is 30.0 Å². The lowest BCUT2D eigenvalue weighted by atomic mass is 10.3. The van der Waals surface area contributed by atoms with Gasteiger partial charge in [0.05, 0.1) is 15.6 Å². The number of halogens is 2. The zero-order chi connectivity index (χ0) is 15.5. The Morgan fingerprint density at radius 1 is 1.24 bits per heavy atom. The van der Waals surface area contributed by atoms with Crippen molar-refractivity contribution in [2.45, 2.75) is 16.7 Å². The highest BCUT2D eigenvalue weighted by molar-refractivity contribution is 9.10. The van der Waals surface area contributed by atoms with E-state index in [0.717, 1.165) is 10.6 Å². The first-order valence-corrected chi connectivity index (χ1v) is 9.77. The van der Waals surface area contributed by atoms with Crippen molar-refractivity contribution in [2.75, 3.05) is 10.5 Å². The van der Waals surface area contributed by atoms with Crippen LogP contribution in [0.15, 0.2) is 56.7 Å². The van der Waals surface area contributed by atoms with E-state index in [0.29, 0.717) is 15.2 Å². The zero-order valence-electron chi connectivity index (χ0n) is 11.1. The molecule has 0 fully saturated rings. The SMILES string of the molecule is CCSc1ccccc1NS(=O)(=O)c1ccc(Cl)c(Br)c1. The van der Waals surface area contributed by atoms with Crippen molar-refractivity contribution in [3.8, 4) is 0 Å². The van der Waals surface area contributed by atoms with Gasteiger partial charge in [-0.25, -0.2) is 8.42 Å². The van der Waals surface area contributed by atoms with Crippen molar-refractivity contribution < 1.29 is 8.42 Å². The van der Waals surface area contributed by atoms with E-state index in [-0.39, 0.29) is 4.90 Å². The van der Waals surface area contributed by atoms with E-state index >= 15 is 0 Å². The molecule has 0 aliphatic rings. The molecule has 0 atom stereocenters. The zero-order valence-corrected chi connectivity index (χ0v) is 15.1. The Bertz CT molecular complexity index is 750. The molecule has 0 aliphatic heterocycles. The first kappa shape index (κ1) is 16.7. The molecular weight excluding hydrogens is 394 g/mol. The third-order valence-corrected chi connectivity index (χ3v) is 6.17. The van der Waals surface area contributed by atoms with Crippen molar-refractivity contribution >= 4 is 55.0 Å². The van der Waals surface area contributed by atoms with Gasteiger partial charge in [0.25, 0.3) is 10.0 Å². The molecule has 3 nitrogen and oxygen atoms in total. The number of anilines is 1. The number of benzene rings is 2. The summed E-state index contributed by atoms with van der Waals surface area (Å²) in [6.45, 7) is 2.02. The van der Waals surface area contributed by atoms with Gasteiger partial charge in [-0.05, 0) is 52.0 Å². The van der Waals surface area contributed by atoms with Gasteiger partial charge in [0, 0.05) is 9.37 Å². The number of hydrogen-bond acceptors (Lipinski definition) is 3. The molecule has 0 aromatic heterocycles. The molecule has 2 aromatic rings. The van der Waals surface area contributed by atoms with Gasteiger partial charge >= 0.3 is 0 Å². The third kappa shape index (κ3) is 4.16. The number of nitrogens with one attached hydrogen (secondary N) is 1. The Balaban J connectivity index is 2.35. The van der Waals surface area contributed by atoms with Crippen LogP contribution in [-0.2, 0) is 10.0 Å². The molecule has 0 amide bonds. The predicted molar refractivity (Wildman–Crippen MR) is 92.8 cm³/mol. The average Bonchev–Trinajstić information content (AvgIpc) is 2.44. The number of sulfonamides is 1. The summed E-state index contributed by atoms with van der Waals surface area (Å²) < 4.78 is 28.0. The Morgan fingerprint density at radius 3 is 2.62 bits per heavy atom. The molecule has 0 bridgehead atoms. The molecule has 21 heavy (non-hydrogen) atoms. The molecule has 112 valence electrons. The van der Waals surface area contributed by atoms with Crippen LogP contribution < -0.4 is 4.72 Å². The van der Waals surface area contributed by atoms with E-state index in [1.165, 1.54) is 12.1 Å². The van der Waals surface area contributed by atoms with Crippen molar-refractivity contribution in [3.63, 3.8) is 0 Å². The van der Waals surface area contributed by atoms with E-state index in [2.05, 4.69) is 20.7 Å². The number of thioether (sulfide) groups is 1. The highest BCUT2D eigenvalue weighted by Gasteiger charge is 2.17. The number of rotatable bonds is 5. The fraction of sp³-hybridized carbons (Fsp3) is 0.143. The molecule has 0 aliphatic carbocycles. The molecule has 0 unspecified atom stereocenters. The Hall–Kier alpha value is -0.690. The van der Waals surface area contributed by atoms with Gasteiger partial charge < -0.3 is 0 Å². The topological polar surface area (TPSA) is 46.2 Å². The molecular formula is C14H13BrClNO2S2. The van der Waals surface area contributed by atoms with Gasteiger partial charge in [0.1, 0.15) is 0 Å². The fourth-order valence-electron chi connectivity index (χ4n) is 1.68. The molecule has 2 rings (SSSR count). The molecule has 0 heterocycles. The van der Waals surface area contributed by atoms with Crippen LogP contribution in [0.2, 0.25) is 5.02 Å². The van der Waals surface area contributed by atoms with E-state index in [9.17, 15) is 8.42 Å². The molecule has 1 N–H and O–H groups in total. The minimum atomic E-state index is -3.65. The lowest BCUT2D eigenvalue weighted by molar-refractivity contribution is 0.601. The summed E-state index contributed by atoms with van der Waals surface area (Å²) >= 11 is 10.7. The second-order valence-corrected chi connectivity index (χ2v) is 8.36. The van der Waals surface area contributed by atoms with Gasteiger partial charge in [-0.1, -0.05) is 30.7 Å². The third-order valence-electron chi connectivity index (χ3n) is 2.63. The van der Waals surface area contributed by atoms with E-state index in [4.69, 9.17) is 11.6 Å². The normalized spacial score (nSPS) is 11.4. The maximum absolute atomic E-state index is 12.4. The summed E-state index contributed by atoms with van der Waals surface area (Å²) in [5.74, 6) is 0.866. The quantitative estimate of drug-likeness (QED) is 0.709. The minimum Gasteiger partial charge on any atom is -0.278 e. The van der Waals surface area contributed by atoms with Crippen LogP contribution in [0.4, 0.5) is 5.69 Å². The lowest BCUT2D eigenvalue weighted by Gasteiger charge is -2.12. The van der Waals surface area contributed by atoms with Crippen LogP contribution in [-0.4, -0.2) is 14.2 Å². The molecule has 0 spiro atoms. The monoisotopic (exact) mass is 405 g/mol. The Labute approximate surface area is 142 Å². The summed E-state index contributed by atoms with van der Waals surface area (Å²) in [6.07, 6.45) is 0. The molecule has 7 heteroatoms. The number of hydrogen-bond donors (Lipinski definition) is 1. The fourth-order valence-corrected chi connectivity index (χ4v) is 4.26. The summed E-state index contributed by atoms with van der Waals surface area (Å²) in [6, 6.07) is 11.8. The minimum absolute atomic E-state index is 0.162. The van der Waals surface area contributed by atoms with Gasteiger partial charge in [-0.2, -0.15) is 0 Å². The van der Waals surface area contributed by atoms with Gasteiger partial charge in [-0.15, -0.1) is 11.8 Å². The molecule has 0 radical (unpaired) electrons. The first-order valence-electron chi connectivity index (χ1n) is 6.13. The smallest absolute Gasteiger partial charge is 0.261 e. The van der Waals surface area contributed by atoms with Crippen molar-refractivity contribution in [2.24, 2.45) is 0 Å². The second-order valence-electron chi connectivity index (χ2n) is 4.11. The maximum Gasteiger partial charge on any atom is 0.261 e. The highest BCUT2D eigenvalue weighted by Crippen LogP contribution is 2.30. The van der Waals surface area contributed by atoms with Crippen molar-refractivity contribution in [3.05, 3.63) is 52.0 Å². The van der Waals surface area contributed by atoms with Crippen LogP contribution in [0.3, 0.4) is 0 Å². The van der Waals surface area contributed by atoms with Gasteiger partial charge in [0.2, 0.25) is 0 Å². The average molecular weight is 407 g/mol. The standard InChI is InChI=1S/C14H13BrClNO2S2/c1-2-20-14-6-4-3-5-13(14)17-21(18,19)10-7-8-12(16)11(15)9-10/h3-9,17H,2H2,1H3. The molecule has 0 saturated heterocycles. The summed E-state index contributed by atoms with van der Waals surface area (Å²) in [7, 11) is -3.65. The summed E-state index contributed by atoms with van der Waals surface area (Å²) in [5, 5.41) is 0.468. The van der Waals surface area contributed by atoms with Crippen LogP contribution in [0, 0.1) is 0 Å². The summed E-state index contributed by atoms with van der Waals surface area (Å²) in [5.41, 5.74) is 0.579.